The van der Waals surface area contributed by atoms with E-state index in [0.29, 0.717) is 0 Å². The average molecular weight is 485 g/mol. The van der Waals surface area contributed by atoms with Gasteiger partial charge in [-0.2, -0.15) is 0 Å². The summed E-state index contributed by atoms with van der Waals surface area (Å²) in [6.07, 6.45) is 7.84. The van der Waals surface area contributed by atoms with Crippen LogP contribution in [0.15, 0.2) is 134 Å². The Kier molecular flexibility index (Phi) is 5.49. The molecular weight excluding hydrogens is 460 g/mol. The number of aromatic nitrogens is 2. The number of hydrogen-bond donors (Lipinski definition) is 0. The lowest BCUT2D eigenvalue weighted by Gasteiger charge is -2.18. The summed E-state index contributed by atoms with van der Waals surface area (Å²) in [6.45, 7) is 0. The van der Waals surface area contributed by atoms with E-state index in [1.807, 2.05) is 42.7 Å². The van der Waals surface area contributed by atoms with Gasteiger partial charge < -0.3 is 0 Å². The van der Waals surface area contributed by atoms with Crippen molar-refractivity contribution < 1.29 is 0 Å². The van der Waals surface area contributed by atoms with Crippen molar-refractivity contribution >= 4 is 44.6 Å². The topological polar surface area (TPSA) is 25.8 Å². The number of fused-ring (bicyclic) bond motifs is 3. The highest BCUT2D eigenvalue weighted by atomic mass is 14.6. The third-order valence-corrected chi connectivity index (χ3v) is 7.16. The Balaban J connectivity index is 1.42. The summed E-state index contributed by atoms with van der Waals surface area (Å²) in [7, 11) is 0. The number of hydrogen-bond acceptors (Lipinski definition) is 2. The van der Waals surface area contributed by atoms with Gasteiger partial charge in [0.15, 0.2) is 0 Å². The van der Waals surface area contributed by atoms with Crippen LogP contribution in [0.4, 0.5) is 0 Å². The predicted octanol–water partition coefficient (Wildman–Crippen LogP) is 9.44. The lowest BCUT2D eigenvalue weighted by atomic mass is 9.85. The summed E-state index contributed by atoms with van der Waals surface area (Å²) in [5, 5.41) is 6.14. The van der Waals surface area contributed by atoms with E-state index in [1.54, 1.807) is 0 Å². The molecule has 7 aromatic rings. The van der Waals surface area contributed by atoms with Gasteiger partial charge in [0.05, 0.1) is 11.2 Å². The highest BCUT2D eigenvalue weighted by molar-refractivity contribution is 6.21. The molecule has 0 bridgehead atoms. The Morgan fingerprint density at radius 2 is 1.05 bits per heavy atom. The van der Waals surface area contributed by atoms with Gasteiger partial charge in [0.2, 0.25) is 0 Å². The van der Waals surface area contributed by atoms with Crippen LogP contribution in [-0.4, -0.2) is 9.97 Å². The molecule has 0 aliphatic heterocycles. The fourth-order valence-electron chi connectivity index (χ4n) is 5.39. The first-order valence-electron chi connectivity index (χ1n) is 12.8. The molecule has 2 nitrogen and oxygen atoms in total. The summed E-state index contributed by atoms with van der Waals surface area (Å²) < 4.78 is 0. The number of benzene rings is 5. The monoisotopic (exact) mass is 484 g/mol. The SMILES string of the molecule is C(=C\c1ccccn1)/c1ccc(-c2c3ccccc3c(-c3ccc4cccnc4c3)c3ccccc23)cc1. The van der Waals surface area contributed by atoms with Crippen molar-refractivity contribution in [2.75, 3.05) is 0 Å². The molecule has 2 heterocycles. The van der Waals surface area contributed by atoms with Crippen molar-refractivity contribution in [2.45, 2.75) is 0 Å². The van der Waals surface area contributed by atoms with Gasteiger partial charge in [0, 0.05) is 17.8 Å². The standard InChI is InChI=1S/C36H24N2/c1-3-12-32-30(10-1)35(27-17-14-25(15-18-27)16-21-29-9-5-6-22-37-29)31-11-2-4-13-33(31)36(32)28-20-19-26-8-7-23-38-34(26)24-28/h1-24H/b21-16+. The minimum Gasteiger partial charge on any atom is -0.257 e. The fourth-order valence-corrected chi connectivity index (χ4v) is 5.39. The van der Waals surface area contributed by atoms with Crippen LogP contribution in [0.1, 0.15) is 11.3 Å². The second kappa shape index (κ2) is 9.42. The lowest BCUT2D eigenvalue weighted by molar-refractivity contribution is 1.30. The molecule has 0 aliphatic carbocycles. The van der Waals surface area contributed by atoms with Gasteiger partial charge in [0.1, 0.15) is 0 Å². The van der Waals surface area contributed by atoms with Crippen LogP contribution in [0.25, 0.3) is 66.9 Å². The zero-order valence-corrected chi connectivity index (χ0v) is 20.8. The minimum atomic E-state index is 0.952. The summed E-state index contributed by atoms with van der Waals surface area (Å²) in [5.41, 5.74) is 8.02. The van der Waals surface area contributed by atoms with Crippen molar-refractivity contribution in [3.63, 3.8) is 0 Å². The summed E-state index contributed by atoms with van der Waals surface area (Å²) >= 11 is 0. The molecule has 2 aromatic heterocycles. The predicted molar refractivity (Wildman–Crippen MR) is 161 cm³/mol. The molecular formula is C36H24N2. The van der Waals surface area contributed by atoms with Crippen LogP contribution in [-0.2, 0) is 0 Å². The van der Waals surface area contributed by atoms with Crippen molar-refractivity contribution in [3.8, 4) is 22.3 Å². The normalized spacial score (nSPS) is 11.6. The Morgan fingerprint density at radius 1 is 0.447 bits per heavy atom. The lowest BCUT2D eigenvalue weighted by Crippen LogP contribution is -1.91. The first-order valence-corrected chi connectivity index (χ1v) is 12.8. The molecule has 0 saturated carbocycles. The fraction of sp³-hybridized carbons (Fsp3) is 0. The van der Waals surface area contributed by atoms with Crippen molar-refractivity contribution in [3.05, 3.63) is 145 Å². The molecule has 7 rings (SSSR count). The minimum absolute atomic E-state index is 0.952. The van der Waals surface area contributed by atoms with Crippen LogP contribution >= 0.6 is 0 Å². The van der Waals surface area contributed by atoms with E-state index in [1.165, 1.54) is 43.8 Å². The Bertz CT molecular complexity index is 1900. The zero-order chi connectivity index (χ0) is 25.3. The number of pyridine rings is 2. The van der Waals surface area contributed by atoms with E-state index in [2.05, 4.69) is 113 Å². The van der Waals surface area contributed by atoms with Crippen LogP contribution in [0.5, 0.6) is 0 Å². The highest BCUT2D eigenvalue weighted by Crippen LogP contribution is 2.43. The average Bonchev–Trinajstić information content (AvgIpc) is 2.99. The van der Waals surface area contributed by atoms with E-state index in [4.69, 9.17) is 0 Å². The van der Waals surface area contributed by atoms with E-state index < -0.39 is 0 Å². The maximum Gasteiger partial charge on any atom is 0.0708 e. The first-order chi connectivity index (χ1) is 18.8. The second-order valence-corrected chi connectivity index (χ2v) is 9.46. The zero-order valence-electron chi connectivity index (χ0n) is 20.8. The van der Waals surface area contributed by atoms with Crippen molar-refractivity contribution in [1.82, 2.24) is 9.97 Å². The number of rotatable bonds is 4. The third-order valence-electron chi connectivity index (χ3n) is 7.16. The molecule has 0 atom stereocenters. The van der Waals surface area contributed by atoms with Crippen LogP contribution in [0.3, 0.4) is 0 Å². The largest absolute Gasteiger partial charge is 0.257 e. The van der Waals surface area contributed by atoms with Crippen molar-refractivity contribution in [1.29, 1.82) is 0 Å². The molecule has 0 radical (unpaired) electrons. The van der Waals surface area contributed by atoms with Crippen LogP contribution in [0, 0.1) is 0 Å². The molecule has 0 N–H and O–H groups in total. The van der Waals surface area contributed by atoms with E-state index in [-0.39, 0.29) is 0 Å². The molecule has 0 aliphatic rings. The molecule has 0 fully saturated rings. The molecule has 0 saturated heterocycles. The van der Waals surface area contributed by atoms with E-state index in [9.17, 15) is 0 Å². The molecule has 0 amide bonds. The van der Waals surface area contributed by atoms with Crippen molar-refractivity contribution in [2.24, 2.45) is 0 Å². The van der Waals surface area contributed by atoms with Crippen LogP contribution in [0.2, 0.25) is 0 Å². The highest BCUT2D eigenvalue weighted by Gasteiger charge is 2.16. The Labute approximate surface area is 221 Å². The van der Waals surface area contributed by atoms with Gasteiger partial charge in [-0.1, -0.05) is 103 Å². The number of nitrogens with zero attached hydrogens (tertiary/aromatic N) is 2. The Morgan fingerprint density at radius 3 is 1.71 bits per heavy atom. The van der Waals surface area contributed by atoms with E-state index >= 15 is 0 Å². The summed E-state index contributed by atoms with van der Waals surface area (Å²) in [6, 6.07) is 43.0. The maximum atomic E-state index is 4.63. The quantitative estimate of drug-likeness (QED) is 0.233. The van der Waals surface area contributed by atoms with E-state index in [0.717, 1.165) is 22.2 Å². The molecule has 0 spiro atoms. The maximum absolute atomic E-state index is 4.63. The Hall–Kier alpha value is -5.08. The second-order valence-electron chi connectivity index (χ2n) is 9.46. The van der Waals surface area contributed by atoms with Gasteiger partial charge in [0.25, 0.3) is 0 Å². The molecule has 38 heavy (non-hydrogen) atoms. The summed E-state index contributed by atoms with van der Waals surface area (Å²) in [4.78, 5) is 9.01. The molecule has 2 heteroatoms. The van der Waals surface area contributed by atoms with Crippen LogP contribution < -0.4 is 0 Å². The smallest absolute Gasteiger partial charge is 0.0708 e. The molecule has 0 unspecified atom stereocenters. The molecule has 5 aromatic carbocycles. The first kappa shape index (κ1) is 22.1. The third kappa shape index (κ3) is 3.93. The molecule has 178 valence electrons. The summed E-state index contributed by atoms with van der Waals surface area (Å²) in [5.74, 6) is 0. The van der Waals surface area contributed by atoms with Gasteiger partial charge in [-0.05, 0) is 79.7 Å². The van der Waals surface area contributed by atoms with Gasteiger partial charge >= 0.3 is 0 Å². The van der Waals surface area contributed by atoms with Gasteiger partial charge in [-0.3, -0.25) is 9.97 Å². The van der Waals surface area contributed by atoms with Gasteiger partial charge in [-0.25, -0.2) is 0 Å². The van der Waals surface area contributed by atoms with Gasteiger partial charge in [-0.15, -0.1) is 0 Å².